The highest BCUT2D eigenvalue weighted by Gasteiger charge is 2.16. The van der Waals surface area contributed by atoms with Gasteiger partial charge in [-0.05, 0) is 19.1 Å². The van der Waals surface area contributed by atoms with Crippen LogP contribution in [-0.2, 0) is 10.8 Å². The molecule has 0 radical (unpaired) electrons. The summed E-state index contributed by atoms with van der Waals surface area (Å²) in [7, 11) is -1.01. The van der Waals surface area contributed by atoms with Crippen LogP contribution in [0.2, 0.25) is 0 Å². The molecule has 0 spiro atoms. The Morgan fingerprint density at radius 2 is 2.11 bits per heavy atom. The Bertz CT molecular complexity index is 494. The van der Waals surface area contributed by atoms with E-state index in [-0.39, 0.29) is 22.3 Å². The second-order valence-corrected chi connectivity index (χ2v) is 5.86. The second kappa shape index (κ2) is 6.19. The van der Waals surface area contributed by atoms with Crippen LogP contribution >= 0.6 is 12.2 Å². The van der Waals surface area contributed by atoms with Crippen molar-refractivity contribution in [2.45, 2.75) is 13.0 Å². The first kappa shape index (κ1) is 15.0. The number of thiocarbonyl (C=S) groups is 1. The van der Waals surface area contributed by atoms with Gasteiger partial charge in [0.2, 0.25) is 0 Å². The van der Waals surface area contributed by atoms with E-state index in [0.717, 1.165) is 0 Å². The fourth-order valence-electron chi connectivity index (χ4n) is 1.51. The summed E-state index contributed by atoms with van der Waals surface area (Å²) in [5.74, 6) is -1.76. The van der Waals surface area contributed by atoms with Crippen LogP contribution in [0.25, 0.3) is 0 Å². The highest BCUT2D eigenvalue weighted by molar-refractivity contribution is 7.84. The van der Waals surface area contributed by atoms with Gasteiger partial charge >= 0.3 is 0 Å². The van der Waals surface area contributed by atoms with Crippen molar-refractivity contribution in [2.75, 3.05) is 17.3 Å². The van der Waals surface area contributed by atoms with Crippen molar-refractivity contribution >= 4 is 33.7 Å². The molecule has 1 aromatic rings. The fraction of sp³-hybridized carbons (Fsp3) is 0.364. The minimum absolute atomic E-state index is 0.00505. The van der Waals surface area contributed by atoms with Gasteiger partial charge in [0.15, 0.2) is 11.6 Å². The van der Waals surface area contributed by atoms with E-state index in [4.69, 9.17) is 5.73 Å². The van der Waals surface area contributed by atoms with E-state index in [1.807, 2.05) is 0 Å². The predicted octanol–water partition coefficient (Wildman–Crippen LogP) is 1.78. The van der Waals surface area contributed by atoms with Gasteiger partial charge in [-0.3, -0.25) is 4.21 Å². The van der Waals surface area contributed by atoms with Crippen molar-refractivity contribution in [3.63, 3.8) is 0 Å². The maximum atomic E-state index is 13.7. The maximum Gasteiger partial charge on any atom is 0.182 e. The van der Waals surface area contributed by atoms with E-state index >= 15 is 0 Å². The zero-order valence-corrected chi connectivity index (χ0v) is 11.6. The van der Waals surface area contributed by atoms with Crippen LogP contribution in [0, 0.1) is 11.6 Å². The van der Waals surface area contributed by atoms with E-state index in [0.29, 0.717) is 5.75 Å². The lowest BCUT2D eigenvalue weighted by Gasteiger charge is -2.15. The molecule has 3 N–H and O–H groups in total. The summed E-state index contributed by atoms with van der Waals surface area (Å²) in [6.07, 6.45) is 1.55. The van der Waals surface area contributed by atoms with Gasteiger partial charge in [-0.1, -0.05) is 12.2 Å². The molecule has 0 aliphatic heterocycles. The minimum atomic E-state index is -1.07. The number of hydrogen-bond donors (Lipinski definition) is 2. The maximum absolute atomic E-state index is 13.7. The Balaban J connectivity index is 2.95. The lowest BCUT2D eigenvalue weighted by molar-refractivity contribution is 0.509. The van der Waals surface area contributed by atoms with Crippen LogP contribution in [0.5, 0.6) is 0 Å². The number of halogens is 2. The topological polar surface area (TPSA) is 55.1 Å². The number of rotatable bonds is 5. The first-order chi connectivity index (χ1) is 8.32. The third kappa shape index (κ3) is 3.71. The molecule has 0 amide bonds. The predicted molar refractivity (Wildman–Crippen MR) is 74.3 cm³/mol. The van der Waals surface area contributed by atoms with Gasteiger partial charge in [0.1, 0.15) is 4.99 Å². The SMILES string of the molecule is CC(CS(C)=O)Nc1ccc(C(N)=S)c(F)c1F. The Morgan fingerprint density at radius 3 is 2.61 bits per heavy atom. The third-order valence-corrected chi connectivity index (χ3v) is 3.42. The smallest absolute Gasteiger partial charge is 0.182 e. The van der Waals surface area contributed by atoms with Crippen molar-refractivity contribution in [3.8, 4) is 0 Å². The van der Waals surface area contributed by atoms with Crippen molar-refractivity contribution in [3.05, 3.63) is 29.3 Å². The van der Waals surface area contributed by atoms with E-state index in [2.05, 4.69) is 17.5 Å². The first-order valence-electron chi connectivity index (χ1n) is 5.17. The molecule has 7 heteroatoms. The summed E-state index contributed by atoms with van der Waals surface area (Å²) in [6.45, 7) is 1.74. The highest BCUT2D eigenvalue weighted by atomic mass is 32.2. The molecular formula is C11H14F2N2OS2. The Kier molecular flexibility index (Phi) is 5.15. The summed E-state index contributed by atoms with van der Waals surface area (Å²) >= 11 is 4.61. The average Bonchev–Trinajstić information content (AvgIpc) is 2.23. The summed E-state index contributed by atoms with van der Waals surface area (Å²) in [6, 6.07) is 2.45. The molecule has 0 bridgehead atoms. The van der Waals surface area contributed by atoms with E-state index < -0.39 is 22.4 Å². The summed E-state index contributed by atoms with van der Waals surface area (Å²) in [4.78, 5) is -0.194. The van der Waals surface area contributed by atoms with Gasteiger partial charge in [-0.2, -0.15) is 0 Å². The lowest BCUT2D eigenvalue weighted by atomic mass is 10.1. The zero-order valence-electron chi connectivity index (χ0n) is 10.00. The standard InChI is InChI=1S/C11H14F2N2OS2/c1-6(5-18(2)16)15-8-4-3-7(11(14)17)9(12)10(8)13/h3-4,6,15H,5H2,1-2H3,(H2,14,17). The largest absolute Gasteiger partial charge is 0.389 e. The number of anilines is 1. The van der Waals surface area contributed by atoms with Crippen LogP contribution in [0.1, 0.15) is 12.5 Å². The molecule has 0 aromatic heterocycles. The van der Waals surface area contributed by atoms with Crippen molar-refractivity contribution in [2.24, 2.45) is 5.73 Å². The summed E-state index contributed by atoms with van der Waals surface area (Å²) in [5, 5.41) is 2.76. The Hall–Kier alpha value is -1.08. The molecule has 0 heterocycles. The second-order valence-electron chi connectivity index (χ2n) is 3.94. The van der Waals surface area contributed by atoms with E-state index in [1.165, 1.54) is 12.1 Å². The Morgan fingerprint density at radius 1 is 1.50 bits per heavy atom. The molecule has 0 fully saturated rings. The fourth-order valence-corrected chi connectivity index (χ4v) is 2.46. The molecule has 2 atom stereocenters. The normalized spacial score (nSPS) is 14.0. The number of nitrogens with two attached hydrogens (primary N) is 1. The van der Waals surface area contributed by atoms with Gasteiger partial charge in [-0.25, -0.2) is 8.78 Å². The van der Waals surface area contributed by atoms with Crippen molar-refractivity contribution in [1.82, 2.24) is 0 Å². The molecule has 3 nitrogen and oxygen atoms in total. The zero-order chi connectivity index (χ0) is 13.9. The number of nitrogens with one attached hydrogen (secondary N) is 1. The molecule has 1 rings (SSSR count). The van der Waals surface area contributed by atoms with Crippen LogP contribution in [-0.4, -0.2) is 27.2 Å². The number of hydrogen-bond acceptors (Lipinski definition) is 3. The third-order valence-electron chi connectivity index (χ3n) is 2.23. The first-order valence-corrected chi connectivity index (χ1v) is 7.30. The van der Waals surface area contributed by atoms with Gasteiger partial charge in [0, 0.05) is 34.4 Å². The van der Waals surface area contributed by atoms with Crippen LogP contribution < -0.4 is 11.1 Å². The highest BCUT2D eigenvalue weighted by Crippen LogP contribution is 2.21. The summed E-state index contributed by atoms with van der Waals surface area (Å²) < 4.78 is 38.3. The van der Waals surface area contributed by atoms with E-state index in [9.17, 15) is 13.0 Å². The van der Waals surface area contributed by atoms with Crippen molar-refractivity contribution in [1.29, 1.82) is 0 Å². The van der Waals surface area contributed by atoms with Gasteiger partial charge in [0.25, 0.3) is 0 Å². The van der Waals surface area contributed by atoms with Crippen molar-refractivity contribution < 1.29 is 13.0 Å². The molecule has 100 valence electrons. The molecule has 0 saturated heterocycles. The lowest BCUT2D eigenvalue weighted by Crippen LogP contribution is -2.23. The molecule has 2 unspecified atom stereocenters. The molecule has 0 saturated carbocycles. The molecular weight excluding hydrogens is 278 g/mol. The van der Waals surface area contributed by atoms with Gasteiger partial charge < -0.3 is 11.1 Å². The van der Waals surface area contributed by atoms with E-state index in [1.54, 1.807) is 13.2 Å². The molecule has 0 aliphatic carbocycles. The summed E-state index contributed by atoms with van der Waals surface area (Å²) in [5.41, 5.74) is 5.14. The monoisotopic (exact) mass is 292 g/mol. The Labute approximate surface area is 112 Å². The van der Waals surface area contributed by atoms with Gasteiger partial charge in [-0.15, -0.1) is 0 Å². The van der Waals surface area contributed by atoms with Crippen LogP contribution in [0.15, 0.2) is 12.1 Å². The molecule has 0 aliphatic rings. The molecule has 18 heavy (non-hydrogen) atoms. The molecule has 1 aromatic carbocycles. The van der Waals surface area contributed by atoms with Gasteiger partial charge in [0.05, 0.1) is 5.69 Å². The number of benzene rings is 1. The quantitative estimate of drug-likeness (QED) is 0.812. The minimum Gasteiger partial charge on any atom is -0.389 e. The average molecular weight is 292 g/mol. The van der Waals surface area contributed by atoms with Crippen LogP contribution in [0.4, 0.5) is 14.5 Å². The van der Waals surface area contributed by atoms with Crippen LogP contribution in [0.3, 0.4) is 0 Å².